The summed E-state index contributed by atoms with van der Waals surface area (Å²) in [7, 11) is 0. The SMILES string of the molecule is Cc1ccc(C(=O)Nc2nc(CN3CCCC(C)C3)cs2)c(=O)[nH]1. The van der Waals surface area contributed by atoms with Gasteiger partial charge in [-0.2, -0.15) is 0 Å². The molecule has 0 radical (unpaired) electrons. The standard InChI is InChI=1S/C17H22N4O2S/c1-11-4-3-7-21(8-11)9-13-10-24-17(19-13)20-16(23)14-6-5-12(2)18-15(14)22/h5-6,10-11H,3-4,7-9H2,1-2H3,(H,18,22)(H,19,20,23). The molecule has 7 heteroatoms. The summed E-state index contributed by atoms with van der Waals surface area (Å²) in [4.78, 5) is 33.5. The van der Waals surface area contributed by atoms with E-state index in [1.165, 1.54) is 30.2 Å². The lowest BCUT2D eigenvalue weighted by Crippen LogP contribution is -2.33. The quantitative estimate of drug-likeness (QED) is 0.892. The third-order valence-electron chi connectivity index (χ3n) is 4.20. The summed E-state index contributed by atoms with van der Waals surface area (Å²) in [5.41, 5.74) is 1.40. The van der Waals surface area contributed by atoms with E-state index in [-0.39, 0.29) is 11.1 Å². The number of nitrogens with one attached hydrogen (secondary N) is 2. The van der Waals surface area contributed by atoms with Gasteiger partial charge in [-0.05, 0) is 44.4 Å². The topological polar surface area (TPSA) is 78.1 Å². The molecule has 1 fully saturated rings. The lowest BCUT2D eigenvalue weighted by atomic mass is 10.0. The Morgan fingerprint density at radius 2 is 2.33 bits per heavy atom. The van der Waals surface area contributed by atoms with Gasteiger partial charge in [0.25, 0.3) is 11.5 Å². The van der Waals surface area contributed by atoms with Crippen LogP contribution in [0.5, 0.6) is 0 Å². The van der Waals surface area contributed by atoms with Crippen molar-refractivity contribution in [1.29, 1.82) is 0 Å². The number of thiazole rings is 1. The molecule has 0 aliphatic carbocycles. The van der Waals surface area contributed by atoms with Crippen molar-refractivity contribution in [2.45, 2.75) is 33.2 Å². The molecular weight excluding hydrogens is 324 g/mol. The summed E-state index contributed by atoms with van der Waals surface area (Å²) in [6.45, 7) is 7.05. The van der Waals surface area contributed by atoms with E-state index in [4.69, 9.17) is 0 Å². The Morgan fingerprint density at radius 3 is 3.08 bits per heavy atom. The Morgan fingerprint density at radius 1 is 1.50 bits per heavy atom. The second-order valence-electron chi connectivity index (χ2n) is 6.46. The number of amides is 1. The first-order valence-corrected chi connectivity index (χ1v) is 9.07. The van der Waals surface area contributed by atoms with Crippen LogP contribution in [0.3, 0.4) is 0 Å². The van der Waals surface area contributed by atoms with Gasteiger partial charge in [0.05, 0.1) is 5.69 Å². The maximum Gasteiger partial charge on any atom is 0.263 e. The van der Waals surface area contributed by atoms with Gasteiger partial charge in [-0.3, -0.25) is 19.8 Å². The fourth-order valence-electron chi connectivity index (χ4n) is 3.01. The van der Waals surface area contributed by atoms with E-state index in [0.29, 0.717) is 5.13 Å². The molecule has 1 amide bonds. The van der Waals surface area contributed by atoms with Crippen molar-refractivity contribution in [3.8, 4) is 0 Å². The molecule has 1 unspecified atom stereocenters. The Balaban J connectivity index is 1.63. The number of piperidine rings is 1. The van der Waals surface area contributed by atoms with Crippen LogP contribution in [-0.2, 0) is 6.54 Å². The molecule has 24 heavy (non-hydrogen) atoms. The van der Waals surface area contributed by atoms with Crippen LogP contribution in [0.15, 0.2) is 22.3 Å². The highest BCUT2D eigenvalue weighted by Gasteiger charge is 2.18. The van der Waals surface area contributed by atoms with E-state index in [9.17, 15) is 9.59 Å². The number of aryl methyl sites for hydroxylation is 1. The first-order chi connectivity index (χ1) is 11.5. The molecule has 1 atom stereocenters. The zero-order valence-corrected chi connectivity index (χ0v) is 14.8. The molecule has 0 aromatic carbocycles. The van der Waals surface area contributed by atoms with Gasteiger partial charge in [-0.1, -0.05) is 6.92 Å². The predicted octanol–water partition coefficient (Wildman–Crippen LogP) is 2.62. The normalized spacial score (nSPS) is 18.5. The van der Waals surface area contributed by atoms with Gasteiger partial charge >= 0.3 is 0 Å². The molecule has 2 N–H and O–H groups in total. The third-order valence-corrected chi connectivity index (χ3v) is 5.01. The number of H-pyrrole nitrogens is 1. The van der Waals surface area contributed by atoms with E-state index in [1.54, 1.807) is 13.0 Å². The van der Waals surface area contributed by atoms with Gasteiger partial charge in [0.15, 0.2) is 5.13 Å². The van der Waals surface area contributed by atoms with Crippen LogP contribution < -0.4 is 10.9 Å². The van der Waals surface area contributed by atoms with Gasteiger partial charge in [-0.25, -0.2) is 4.98 Å². The Hall–Kier alpha value is -1.99. The fraction of sp³-hybridized carbons (Fsp3) is 0.471. The second kappa shape index (κ2) is 7.27. The summed E-state index contributed by atoms with van der Waals surface area (Å²) in [6, 6.07) is 3.24. The molecule has 0 saturated carbocycles. The molecule has 2 aromatic heterocycles. The van der Waals surface area contributed by atoms with E-state index in [0.717, 1.165) is 36.9 Å². The maximum absolute atomic E-state index is 12.2. The summed E-state index contributed by atoms with van der Waals surface area (Å²) < 4.78 is 0. The lowest BCUT2D eigenvalue weighted by Gasteiger charge is -2.30. The molecule has 3 heterocycles. The van der Waals surface area contributed by atoms with Gasteiger partial charge in [0.2, 0.25) is 0 Å². The van der Waals surface area contributed by atoms with E-state index in [1.807, 2.05) is 5.38 Å². The number of carbonyl (C=O) groups excluding carboxylic acids is 1. The van der Waals surface area contributed by atoms with E-state index in [2.05, 4.69) is 27.1 Å². The summed E-state index contributed by atoms with van der Waals surface area (Å²) in [5.74, 6) is 0.300. The van der Waals surface area contributed by atoms with Crippen molar-refractivity contribution >= 4 is 22.4 Å². The molecule has 0 spiro atoms. The number of hydrogen-bond donors (Lipinski definition) is 2. The van der Waals surface area contributed by atoms with Crippen LogP contribution >= 0.6 is 11.3 Å². The molecule has 1 aliphatic heterocycles. The third kappa shape index (κ3) is 4.10. The summed E-state index contributed by atoms with van der Waals surface area (Å²) >= 11 is 1.39. The highest BCUT2D eigenvalue weighted by atomic mass is 32.1. The van der Waals surface area contributed by atoms with Crippen molar-refractivity contribution in [2.24, 2.45) is 5.92 Å². The lowest BCUT2D eigenvalue weighted by molar-refractivity contribution is 0.102. The largest absolute Gasteiger partial charge is 0.326 e. The Kier molecular flexibility index (Phi) is 5.11. The van der Waals surface area contributed by atoms with Crippen molar-refractivity contribution in [2.75, 3.05) is 18.4 Å². The first kappa shape index (κ1) is 16.9. The monoisotopic (exact) mass is 346 g/mol. The number of carbonyl (C=O) groups is 1. The van der Waals surface area contributed by atoms with Crippen LogP contribution in [-0.4, -0.2) is 33.9 Å². The number of rotatable bonds is 4. The fourth-order valence-corrected chi connectivity index (χ4v) is 3.71. The number of pyridine rings is 1. The Labute approximate surface area is 144 Å². The molecule has 1 saturated heterocycles. The summed E-state index contributed by atoms with van der Waals surface area (Å²) in [6.07, 6.45) is 2.52. The minimum Gasteiger partial charge on any atom is -0.326 e. The minimum absolute atomic E-state index is 0.0993. The van der Waals surface area contributed by atoms with Crippen LogP contribution in [0.1, 0.15) is 41.5 Å². The van der Waals surface area contributed by atoms with Gasteiger partial charge in [0.1, 0.15) is 5.56 Å². The van der Waals surface area contributed by atoms with Crippen molar-refractivity contribution in [1.82, 2.24) is 14.9 Å². The maximum atomic E-state index is 12.2. The minimum atomic E-state index is -0.427. The molecule has 3 rings (SSSR count). The molecule has 2 aromatic rings. The zero-order valence-electron chi connectivity index (χ0n) is 14.0. The number of likely N-dealkylation sites (tertiary alicyclic amines) is 1. The average Bonchev–Trinajstić information content (AvgIpc) is 2.94. The Bertz CT molecular complexity index is 783. The summed E-state index contributed by atoms with van der Waals surface area (Å²) in [5, 5.41) is 5.21. The predicted molar refractivity (Wildman–Crippen MR) is 95.5 cm³/mol. The molecule has 6 nitrogen and oxygen atoms in total. The van der Waals surface area contributed by atoms with E-state index >= 15 is 0 Å². The number of aromatic amines is 1. The molecular formula is C17H22N4O2S. The molecule has 1 aliphatic rings. The van der Waals surface area contributed by atoms with Crippen LogP contribution in [0.2, 0.25) is 0 Å². The molecule has 128 valence electrons. The van der Waals surface area contributed by atoms with Crippen LogP contribution in [0.25, 0.3) is 0 Å². The highest BCUT2D eigenvalue weighted by molar-refractivity contribution is 7.13. The van der Waals surface area contributed by atoms with Gasteiger partial charge < -0.3 is 4.98 Å². The highest BCUT2D eigenvalue weighted by Crippen LogP contribution is 2.21. The number of aromatic nitrogens is 2. The zero-order chi connectivity index (χ0) is 17.1. The second-order valence-corrected chi connectivity index (χ2v) is 7.32. The number of nitrogens with zero attached hydrogens (tertiary/aromatic N) is 2. The van der Waals surface area contributed by atoms with Gasteiger partial charge in [-0.15, -0.1) is 11.3 Å². The van der Waals surface area contributed by atoms with Crippen LogP contribution in [0, 0.1) is 12.8 Å². The van der Waals surface area contributed by atoms with Crippen molar-refractivity contribution in [3.63, 3.8) is 0 Å². The molecule has 0 bridgehead atoms. The van der Waals surface area contributed by atoms with Crippen molar-refractivity contribution < 1.29 is 4.79 Å². The number of hydrogen-bond acceptors (Lipinski definition) is 5. The van der Waals surface area contributed by atoms with Gasteiger partial charge in [0, 0.05) is 24.2 Å². The first-order valence-electron chi connectivity index (χ1n) is 8.19. The van der Waals surface area contributed by atoms with Crippen LogP contribution in [0.4, 0.5) is 5.13 Å². The van der Waals surface area contributed by atoms with E-state index < -0.39 is 5.91 Å². The smallest absolute Gasteiger partial charge is 0.263 e. The average molecular weight is 346 g/mol. The number of anilines is 1. The van der Waals surface area contributed by atoms with Crippen molar-refractivity contribution in [3.05, 3.63) is 44.8 Å².